The highest BCUT2D eigenvalue weighted by molar-refractivity contribution is 5.46. The van der Waals surface area contributed by atoms with E-state index in [2.05, 4.69) is 44.8 Å². The minimum atomic E-state index is 0.0440. The van der Waals surface area contributed by atoms with E-state index in [0.717, 1.165) is 16.9 Å². The minimum absolute atomic E-state index is 0.0440. The summed E-state index contributed by atoms with van der Waals surface area (Å²) in [7, 11) is 0. The molecule has 0 radical (unpaired) electrons. The molecule has 4 aromatic rings. The molecule has 0 aliphatic carbocycles. The zero-order valence-electron chi connectivity index (χ0n) is 14.6. The van der Waals surface area contributed by atoms with Crippen molar-refractivity contribution in [2.75, 3.05) is 5.32 Å². The second kappa shape index (κ2) is 6.79. The van der Waals surface area contributed by atoms with Crippen LogP contribution in [0.4, 0.5) is 5.82 Å². The lowest BCUT2D eigenvalue weighted by Gasteiger charge is -2.18. The first-order valence-electron chi connectivity index (χ1n) is 8.42. The van der Waals surface area contributed by atoms with Gasteiger partial charge in [-0.3, -0.25) is 0 Å². The summed E-state index contributed by atoms with van der Waals surface area (Å²) in [4.78, 5) is 0. The first-order chi connectivity index (χ1) is 12.7. The normalized spacial score (nSPS) is 12.1. The fourth-order valence-corrected chi connectivity index (χ4v) is 2.84. The van der Waals surface area contributed by atoms with Crippen LogP contribution in [0.5, 0.6) is 0 Å². The monoisotopic (exact) mass is 345 g/mol. The average Bonchev–Trinajstić information content (AvgIpc) is 3.34. The maximum Gasteiger partial charge on any atom is 0.175 e. The molecule has 7 nitrogen and oxygen atoms in total. The second-order valence-corrected chi connectivity index (χ2v) is 6.05. The van der Waals surface area contributed by atoms with Gasteiger partial charge in [0.2, 0.25) is 0 Å². The summed E-state index contributed by atoms with van der Waals surface area (Å²) in [6.45, 7) is 4.04. The molecule has 130 valence electrons. The molecule has 1 aromatic carbocycles. The molecule has 1 N–H and O–H groups in total. The molecule has 0 amide bonds. The number of anilines is 1. The summed E-state index contributed by atoms with van der Waals surface area (Å²) in [5, 5.41) is 20.6. The third-order valence-electron chi connectivity index (χ3n) is 4.13. The van der Waals surface area contributed by atoms with Crippen molar-refractivity contribution in [3.05, 3.63) is 78.4 Å². The van der Waals surface area contributed by atoms with Gasteiger partial charge in [-0.15, -0.1) is 10.2 Å². The van der Waals surface area contributed by atoms with Crippen LogP contribution in [-0.4, -0.2) is 29.8 Å². The van der Waals surface area contributed by atoms with Crippen LogP contribution < -0.4 is 5.32 Å². The highest BCUT2D eigenvalue weighted by Crippen LogP contribution is 2.24. The van der Waals surface area contributed by atoms with Crippen LogP contribution in [0.2, 0.25) is 0 Å². The number of nitrogens with zero attached hydrogens (tertiary/aromatic N) is 6. The molecule has 3 aromatic heterocycles. The van der Waals surface area contributed by atoms with Crippen molar-refractivity contribution in [1.29, 1.82) is 0 Å². The highest BCUT2D eigenvalue weighted by Gasteiger charge is 2.12. The Morgan fingerprint density at radius 3 is 2.50 bits per heavy atom. The number of hydrogen-bond donors (Lipinski definition) is 1. The Bertz CT molecular complexity index is 987. The quantitative estimate of drug-likeness (QED) is 0.600. The summed E-state index contributed by atoms with van der Waals surface area (Å²) in [5.41, 5.74) is 3.11. The standard InChI is InChI=1S/C19H19N7/c1-14-10-13-26(24-14)19-9-8-18(22-23-19)21-15(2)16-6-3-4-7-17(16)25-12-5-11-20-25/h3-13,15H,1-2H3,(H,21,22). The SMILES string of the molecule is Cc1ccn(-c2ccc(NC(C)c3ccccc3-n3cccn3)nn2)n1. The molecule has 0 aliphatic rings. The van der Waals surface area contributed by atoms with Gasteiger partial charge < -0.3 is 5.32 Å². The lowest BCUT2D eigenvalue weighted by molar-refractivity contribution is 0.788. The van der Waals surface area contributed by atoms with Crippen molar-refractivity contribution in [1.82, 2.24) is 29.8 Å². The van der Waals surface area contributed by atoms with Gasteiger partial charge in [0.25, 0.3) is 0 Å². The number of aromatic nitrogens is 6. The second-order valence-electron chi connectivity index (χ2n) is 6.05. The number of benzene rings is 1. The van der Waals surface area contributed by atoms with E-state index in [1.54, 1.807) is 10.9 Å². The molecule has 0 bridgehead atoms. The van der Waals surface area contributed by atoms with Crippen molar-refractivity contribution in [3.8, 4) is 11.5 Å². The first-order valence-corrected chi connectivity index (χ1v) is 8.42. The van der Waals surface area contributed by atoms with Crippen LogP contribution in [0.3, 0.4) is 0 Å². The number of para-hydroxylation sites is 1. The van der Waals surface area contributed by atoms with E-state index in [1.807, 2.05) is 60.4 Å². The van der Waals surface area contributed by atoms with Crippen LogP contribution in [-0.2, 0) is 0 Å². The Hall–Kier alpha value is -3.48. The molecule has 0 saturated heterocycles. The Labute approximate surface area is 151 Å². The predicted octanol–water partition coefficient (Wildman–Crippen LogP) is 3.33. The van der Waals surface area contributed by atoms with E-state index < -0.39 is 0 Å². The maximum absolute atomic E-state index is 4.34. The van der Waals surface area contributed by atoms with E-state index in [9.17, 15) is 0 Å². The third kappa shape index (κ3) is 3.19. The van der Waals surface area contributed by atoms with Crippen LogP contribution in [0.25, 0.3) is 11.5 Å². The van der Waals surface area contributed by atoms with Crippen LogP contribution in [0.1, 0.15) is 24.2 Å². The lowest BCUT2D eigenvalue weighted by atomic mass is 10.1. The van der Waals surface area contributed by atoms with Crippen molar-refractivity contribution in [3.63, 3.8) is 0 Å². The molecule has 4 rings (SSSR count). The van der Waals surface area contributed by atoms with Crippen LogP contribution in [0.15, 0.2) is 67.1 Å². The molecule has 0 saturated carbocycles. The molecule has 26 heavy (non-hydrogen) atoms. The van der Waals surface area contributed by atoms with Crippen molar-refractivity contribution in [2.24, 2.45) is 0 Å². The number of rotatable bonds is 5. The molecule has 0 spiro atoms. The summed E-state index contributed by atoms with van der Waals surface area (Å²) < 4.78 is 3.57. The summed E-state index contributed by atoms with van der Waals surface area (Å²) in [6.07, 6.45) is 5.58. The molecule has 0 aliphatic heterocycles. The van der Waals surface area contributed by atoms with Gasteiger partial charge in [-0.2, -0.15) is 10.2 Å². The van der Waals surface area contributed by atoms with Gasteiger partial charge in [-0.1, -0.05) is 18.2 Å². The Kier molecular flexibility index (Phi) is 4.18. The van der Waals surface area contributed by atoms with Crippen molar-refractivity contribution < 1.29 is 0 Å². The van der Waals surface area contributed by atoms with Gasteiger partial charge in [-0.25, -0.2) is 9.36 Å². The van der Waals surface area contributed by atoms with Crippen molar-refractivity contribution in [2.45, 2.75) is 19.9 Å². The largest absolute Gasteiger partial charge is 0.362 e. The lowest BCUT2D eigenvalue weighted by Crippen LogP contribution is -2.12. The van der Waals surface area contributed by atoms with Crippen molar-refractivity contribution >= 4 is 5.82 Å². The topological polar surface area (TPSA) is 73.5 Å². The van der Waals surface area contributed by atoms with E-state index >= 15 is 0 Å². The molecule has 1 unspecified atom stereocenters. The molecule has 0 fully saturated rings. The fraction of sp³-hybridized carbons (Fsp3) is 0.158. The average molecular weight is 345 g/mol. The summed E-state index contributed by atoms with van der Waals surface area (Å²) in [6, 6.07) is 15.9. The first kappa shape index (κ1) is 16.0. The molecule has 1 atom stereocenters. The van der Waals surface area contributed by atoms with E-state index in [-0.39, 0.29) is 6.04 Å². The third-order valence-corrected chi connectivity index (χ3v) is 4.13. The van der Waals surface area contributed by atoms with Crippen LogP contribution >= 0.6 is 0 Å². The zero-order valence-corrected chi connectivity index (χ0v) is 14.6. The Morgan fingerprint density at radius 2 is 1.81 bits per heavy atom. The molecular weight excluding hydrogens is 326 g/mol. The maximum atomic E-state index is 4.34. The van der Waals surface area contributed by atoms with Gasteiger partial charge in [0, 0.05) is 18.6 Å². The van der Waals surface area contributed by atoms with E-state index in [4.69, 9.17) is 0 Å². The summed E-state index contributed by atoms with van der Waals surface area (Å²) >= 11 is 0. The number of nitrogens with one attached hydrogen (secondary N) is 1. The van der Waals surface area contributed by atoms with Gasteiger partial charge in [0.15, 0.2) is 5.82 Å². The zero-order chi connectivity index (χ0) is 17.9. The number of hydrogen-bond acceptors (Lipinski definition) is 5. The van der Waals surface area contributed by atoms with E-state index in [0.29, 0.717) is 11.6 Å². The minimum Gasteiger partial charge on any atom is -0.362 e. The molecule has 3 heterocycles. The van der Waals surface area contributed by atoms with Gasteiger partial charge in [0.05, 0.1) is 17.4 Å². The van der Waals surface area contributed by atoms with E-state index in [1.165, 1.54) is 0 Å². The smallest absolute Gasteiger partial charge is 0.175 e. The Morgan fingerprint density at radius 1 is 0.923 bits per heavy atom. The highest BCUT2D eigenvalue weighted by atomic mass is 15.3. The molecular formula is C19H19N7. The number of aryl methyl sites for hydroxylation is 1. The Balaban J connectivity index is 1.55. The fourth-order valence-electron chi connectivity index (χ4n) is 2.84. The summed E-state index contributed by atoms with van der Waals surface area (Å²) in [5.74, 6) is 1.40. The van der Waals surface area contributed by atoms with Gasteiger partial charge >= 0.3 is 0 Å². The molecule has 7 heteroatoms. The van der Waals surface area contributed by atoms with Crippen LogP contribution in [0, 0.1) is 6.92 Å². The predicted molar refractivity (Wildman–Crippen MR) is 99.5 cm³/mol. The van der Waals surface area contributed by atoms with Gasteiger partial charge in [-0.05, 0) is 49.7 Å². The van der Waals surface area contributed by atoms with Gasteiger partial charge in [0.1, 0.15) is 5.82 Å².